The quantitative estimate of drug-likeness (QED) is 0.758. The van der Waals surface area contributed by atoms with Crippen LogP contribution in [0.2, 0.25) is 0 Å². The van der Waals surface area contributed by atoms with Crippen molar-refractivity contribution in [1.82, 2.24) is 9.97 Å². The van der Waals surface area contributed by atoms with Crippen molar-refractivity contribution in [2.24, 2.45) is 11.7 Å². The number of alkyl halides is 2. The van der Waals surface area contributed by atoms with Crippen molar-refractivity contribution in [2.75, 3.05) is 13.7 Å². The molecule has 26 heavy (non-hydrogen) atoms. The van der Waals surface area contributed by atoms with E-state index in [0.717, 1.165) is 6.42 Å². The van der Waals surface area contributed by atoms with E-state index in [4.69, 9.17) is 15.2 Å². The normalized spacial score (nSPS) is 12.9. The monoisotopic (exact) mass is 365 g/mol. The smallest absolute Gasteiger partial charge is 0.280 e. The molecule has 0 bridgehead atoms. The Kier molecular flexibility index (Phi) is 6.47. The van der Waals surface area contributed by atoms with Crippen LogP contribution in [-0.4, -0.2) is 29.2 Å². The summed E-state index contributed by atoms with van der Waals surface area (Å²) in [5.74, 6) is 1.25. The van der Waals surface area contributed by atoms with E-state index in [9.17, 15) is 8.78 Å². The minimum atomic E-state index is -2.63. The third-order valence-electron chi connectivity index (χ3n) is 3.75. The van der Waals surface area contributed by atoms with Crippen molar-refractivity contribution >= 4 is 0 Å². The van der Waals surface area contributed by atoms with Crippen LogP contribution in [0.25, 0.3) is 11.3 Å². The Morgan fingerprint density at radius 2 is 1.92 bits per heavy atom. The molecule has 0 saturated carbocycles. The van der Waals surface area contributed by atoms with Gasteiger partial charge in [0.05, 0.1) is 25.6 Å². The second-order valence-corrected chi connectivity index (χ2v) is 7.10. The highest BCUT2D eigenvalue weighted by Gasteiger charge is 2.17. The number of methoxy groups -OCH3 is 1. The van der Waals surface area contributed by atoms with Gasteiger partial charge in [-0.1, -0.05) is 6.92 Å². The number of pyridine rings is 2. The summed E-state index contributed by atoms with van der Waals surface area (Å²) in [6.45, 7) is 6.49. The first-order chi connectivity index (χ1) is 12.2. The first-order valence-corrected chi connectivity index (χ1v) is 8.40. The first-order valence-electron chi connectivity index (χ1n) is 8.40. The van der Waals surface area contributed by atoms with Crippen molar-refractivity contribution < 1.29 is 18.3 Å². The van der Waals surface area contributed by atoms with Crippen LogP contribution in [0.3, 0.4) is 0 Å². The zero-order valence-electron chi connectivity index (χ0n) is 15.5. The van der Waals surface area contributed by atoms with Crippen molar-refractivity contribution in [3.05, 3.63) is 36.3 Å². The molecule has 0 aromatic carbocycles. The van der Waals surface area contributed by atoms with E-state index in [1.807, 2.05) is 13.8 Å². The van der Waals surface area contributed by atoms with Gasteiger partial charge in [0, 0.05) is 23.4 Å². The number of halogens is 2. The van der Waals surface area contributed by atoms with Crippen LogP contribution in [0.5, 0.6) is 11.5 Å². The molecule has 1 atom stereocenters. The highest BCUT2D eigenvalue weighted by molar-refractivity contribution is 5.62. The molecule has 2 aromatic rings. The van der Waals surface area contributed by atoms with Crippen LogP contribution in [0, 0.1) is 5.92 Å². The second kappa shape index (κ2) is 8.40. The molecular formula is C19H25F2N3O2. The van der Waals surface area contributed by atoms with Gasteiger partial charge in [-0.15, -0.1) is 0 Å². The average Bonchev–Trinajstić information content (AvgIpc) is 2.58. The molecular weight excluding hydrogens is 340 g/mol. The van der Waals surface area contributed by atoms with Gasteiger partial charge in [0.15, 0.2) is 11.5 Å². The number of rotatable bonds is 8. The van der Waals surface area contributed by atoms with Crippen LogP contribution in [-0.2, 0) is 0 Å². The lowest BCUT2D eigenvalue weighted by Crippen LogP contribution is -2.35. The molecule has 0 spiro atoms. The lowest BCUT2D eigenvalue weighted by molar-refractivity contribution is 0.146. The number of hydrogen-bond acceptors (Lipinski definition) is 5. The molecule has 0 aliphatic carbocycles. The summed E-state index contributed by atoms with van der Waals surface area (Å²) < 4.78 is 36.8. The Morgan fingerprint density at radius 3 is 2.54 bits per heavy atom. The van der Waals surface area contributed by atoms with Crippen molar-refractivity contribution in [3.63, 3.8) is 0 Å². The van der Waals surface area contributed by atoms with E-state index in [1.54, 1.807) is 12.1 Å². The molecule has 2 aromatic heterocycles. The first kappa shape index (κ1) is 20.0. The summed E-state index contributed by atoms with van der Waals surface area (Å²) in [7, 11) is 1.52. The van der Waals surface area contributed by atoms with Gasteiger partial charge >= 0.3 is 0 Å². The Hall–Kier alpha value is -2.28. The third kappa shape index (κ3) is 5.62. The fourth-order valence-corrected chi connectivity index (χ4v) is 2.77. The van der Waals surface area contributed by atoms with Crippen molar-refractivity contribution in [2.45, 2.75) is 39.2 Å². The molecule has 2 rings (SSSR count). The number of ether oxygens (including phenoxy) is 2. The summed E-state index contributed by atoms with van der Waals surface area (Å²) in [5.41, 5.74) is 6.52. The van der Waals surface area contributed by atoms with Gasteiger partial charge in [0.1, 0.15) is 5.69 Å². The van der Waals surface area contributed by atoms with Gasteiger partial charge in [-0.05, 0) is 38.3 Å². The highest BCUT2D eigenvalue weighted by atomic mass is 19.3. The topological polar surface area (TPSA) is 70.3 Å². The van der Waals surface area contributed by atoms with Gasteiger partial charge in [-0.2, -0.15) is 0 Å². The number of nitrogens with zero attached hydrogens (tertiary/aromatic N) is 2. The van der Waals surface area contributed by atoms with Gasteiger partial charge in [0.2, 0.25) is 0 Å². The molecule has 7 heteroatoms. The lowest BCUT2D eigenvalue weighted by atomic mass is 9.93. The largest absolute Gasteiger partial charge is 0.493 e. The van der Waals surface area contributed by atoms with Gasteiger partial charge in [-0.3, -0.25) is 9.97 Å². The zero-order chi connectivity index (χ0) is 19.3. The second-order valence-electron chi connectivity index (χ2n) is 7.10. The minimum absolute atomic E-state index is 0.258. The molecule has 2 heterocycles. The number of nitrogens with two attached hydrogens (primary N) is 1. The van der Waals surface area contributed by atoms with Crippen molar-refractivity contribution in [3.8, 4) is 22.8 Å². The summed E-state index contributed by atoms with van der Waals surface area (Å²) in [6, 6.07) is 4.61. The van der Waals surface area contributed by atoms with Crippen LogP contribution in [0.15, 0.2) is 30.6 Å². The molecule has 5 nitrogen and oxygen atoms in total. The van der Waals surface area contributed by atoms with Crippen molar-refractivity contribution in [1.29, 1.82) is 0 Å². The Bertz CT molecular complexity index is 733. The highest BCUT2D eigenvalue weighted by Crippen LogP contribution is 2.32. The molecule has 0 radical (unpaired) electrons. The van der Waals surface area contributed by atoms with Crippen LogP contribution >= 0.6 is 0 Å². The predicted octanol–water partition coefficient (Wildman–Crippen LogP) is 4.23. The van der Waals surface area contributed by atoms with Gasteiger partial charge in [-0.25, -0.2) is 8.78 Å². The Balaban J connectivity index is 2.16. The van der Waals surface area contributed by atoms with E-state index in [2.05, 4.69) is 16.9 Å². The fraction of sp³-hybridized carbons (Fsp3) is 0.474. The number of aromatic nitrogens is 2. The molecule has 0 amide bonds. The summed E-state index contributed by atoms with van der Waals surface area (Å²) in [4.78, 5) is 7.97. The summed E-state index contributed by atoms with van der Waals surface area (Å²) in [6.07, 6.45) is 1.06. The van der Waals surface area contributed by atoms with Crippen LogP contribution < -0.4 is 15.2 Å². The molecule has 0 fully saturated rings. The third-order valence-corrected chi connectivity index (χ3v) is 3.75. The van der Waals surface area contributed by atoms with E-state index in [-0.39, 0.29) is 17.2 Å². The maximum absolute atomic E-state index is 12.8. The predicted molar refractivity (Wildman–Crippen MR) is 96.5 cm³/mol. The van der Waals surface area contributed by atoms with E-state index in [1.165, 1.54) is 25.6 Å². The molecule has 0 aliphatic rings. The number of hydrogen-bond donors (Lipinski definition) is 1. The van der Waals surface area contributed by atoms with Gasteiger partial charge < -0.3 is 15.2 Å². The molecule has 0 aliphatic heterocycles. The summed E-state index contributed by atoms with van der Waals surface area (Å²) >= 11 is 0. The standard InChI is InChI=1S/C19H25F2N3O2/c1-12(9-19(2,3)22)11-26-17-10-24-14(8-16(17)25-4)13-5-6-23-15(7-13)18(20)21/h5-8,10,12,18H,9,11,22H2,1-4H3/t12-/m0/s1. The van der Waals surface area contributed by atoms with E-state index >= 15 is 0 Å². The molecule has 0 unspecified atom stereocenters. The van der Waals surface area contributed by atoms with Gasteiger partial charge in [0.25, 0.3) is 6.43 Å². The SMILES string of the molecule is COc1cc(-c2ccnc(C(F)F)c2)ncc1OC[C@@H](C)CC(C)(C)N. The van der Waals surface area contributed by atoms with Crippen LogP contribution in [0.1, 0.15) is 39.3 Å². The molecule has 2 N–H and O–H groups in total. The van der Waals surface area contributed by atoms with Crippen LogP contribution in [0.4, 0.5) is 8.78 Å². The average molecular weight is 365 g/mol. The Labute approximate surface area is 152 Å². The Morgan fingerprint density at radius 1 is 1.19 bits per heavy atom. The minimum Gasteiger partial charge on any atom is -0.493 e. The maximum Gasteiger partial charge on any atom is 0.280 e. The van der Waals surface area contributed by atoms with E-state index in [0.29, 0.717) is 29.4 Å². The van der Waals surface area contributed by atoms with E-state index < -0.39 is 6.43 Å². The zero-order valence-corrected chi connectivity index (χ0v) is 15.5. The lowest BCUT2D eigenvalue weighted by Gasteiger charge is -2.23. The summed E-state index contributed by atoms with van der Waals surface area (Å²) in [5, 5.41) is 0. The maximum atomic E-state index is 12.8. The molecule has 0 saturated heterocycles. The molecule has 142 valence electrons. The fourth-order valence-electron chi connectivity index (χ4n) is 2.77.